The van der Waals surface area contributed by atoms with Crippen molar-refractivity contribution < 1.29 is 19.1 Å². The average molecular weight is 412 g/mol. The molecule has 1 N–H and O–H groups in total. The number of methoxy groups -OCH3 is 2. The number of anilines is 1. The molecular weight excluding hydrogens is 382 g/mol. The molecule has 2 aromatic carbocycles. The lowest BCUT2D eigenvalue weighted by atomic mass is 10.2. The van der Waals surface area contributed by atoms with Gasteiger partial charge in [-0.3, -0.25) is 14.5 Å². The quantitative estimate of drug-likeness (QED) is 0.651. The number of ether oxygens (including phenoxy) is 2. The molecule has 0 saturated heterocycles. The Labute approximate surface area is 177 Å². The first-order valence-corrected chi connectivity index (χ1v) is 10.0. The minimum atomic E-state index is -0.163. The SMILES string of the molecule is COc1ccc(CN(C(=O)CN(C)CC(=O)Nc2ccc(OC)cc2)C2CC2)cc1. The third kappa shape index (κ3) is 6.22. The molecule has 1 fully saturated rings. The highest BCUT2D eigenvalue weighted by Crippen LogP contribution is 2.29. The zero-order valence-electron chi connectivity index (χ0n) is 17.8. The van der Waals surface area contributed by atoms with Gasteiger partial charge in [-0.25, -0.2) is 0 Å². The van der Waals surface area contributed by atoms with Gasteiger partial charge in [0.1, 0.15) is 11.5 Å². The molecular formula is C23H29N3O4. The molecule has 7 heteroatoms. The number of carbonyl (C=O) groups excluding carboxylic acids is 2. The second kappa shape index (κ2) is 10.1. The Morgan fingerprint density at radius 3 is 2.03 bits per heavy atom. The van der Waals surface area contributed by atoms with E-state index in [1.807, 2.05) is 29.2 Å². The molecule has 0 unspecified atom stereocenters. The van der Waals surface area contributed by atoms with E-state index in [-0.39, 0.29) is 24.9 Å². The van der Waals surface area contributed by atoms with Gasteiger partial charge in [-0.2, -0.15) is 0 Å². The van der Waals surface area contributed by atoms with Crippen LogP contribution in [0, 0.1) is 0 Å². The van der Waals surface area contributed by atoms with Crippen LogP contribution in [0.3, 0.4) is 0 Å². The third-order valence-corrected chi connectivity index (χ3v) is 5.01. The lowest BCUT2D eigenvalue weighted by Crippen LogP contribution is -2.42. The maximum absolute atomic E-state index is 12.9. The minimum Gasteiger partial charge on any atom is -0.497 e. The van der Waals surface area contributed by atoms with Crippen molar-refractivity contribution in [2.45, 2.75) is 25.4 Å². The van der Waals surface area contributed by atoms with Crippen molar-refractivity contribution in [2.24, 2.45) is 0 Å². The van der Waals surface area contributed by atoms with Gasteiger partial charge in [-0.15, -0.1) is 0 Å². The van der Waals surface area contributed by atoms with E-state index in [1.54, 1.807) is 50.4 Å². The van der Waals surface area contributed by atoms with Gasteiger partial charge >= 0.3 is 0 Å². The van der Waals surface area contributed by atoms with Gasteiger partial charge in [0, 0.05) is 18.3 Å². The highest BCUT2D eigenvalue weighted by Gasteiger charge is 2.32. The van der Waals surface area contributed by atoms with E-state index in [2.05, 4.69) is 5.32 Å². The van der Waals surface area contributed by atoms with Gasteiger partial charge in [0.2, 0.25) is 11.8 Å². The summed E-state index contributed by atoms with van der Waals surface area (Å²) in [4.78, 5) is 28.8. The lowest BCUT2D eigenvalue weighted by molar-refractivity contribution is -0.133. The van der Waals surface area contributed by atoms with Gasteiger partial charge < -0.3 is 19.7 Å². The number of likely N-dealkylation sites (N-methyl/N-ethyl adjacent to an activating group) is 1. The van der Waals surface area contributed by atoms with Crippen LogP contribution in [0.4, 0.5) is 5.69 Å². The molecule has 0 heterocycles. The number of carbonyl (C=O) groups is 2. The predicted molar refractivity (Wildman–Crippen MR) is 116 cm³/mol. The monoisotopic (exact) mass is 411 g/mol. The number of hydrogen-bond acceptors (Lipinski definition) is 5. The molecule has 160 valence electrons. The van der Waals surface area contributed by atoms with Crippen LogP contribution in [0.15, 0.2) is 48.5 Å². The highest BCUT2D eigenvalue weighted by atomic mass is 16.5. The van der Waals surface area contributed by atoms with Crippen LogP contribution in [0.5, 0.6) is 11.5 Å². The van der Waals surface area contributed by atoms with Crippen LogP contribution < -0.4 is 14.8 Å². The van der Waals surface area contributed by atoms with E-state index in [9.17, 15) is 9.59 Å². The largest absolute Gasteiger partial charge is 0.497 e. The Hall–Kier alpha value is -3.06. The number of nitrogens with zero attached hydrogens (tertiary/aromatic N) is 2. The number of benzene rings is 2. The Balaban J connectivity index is 1.51. The number of amides is 2. The number of rotatable bonds is 10. The van der Waals surface area contributed by atoms with Crippen molar-refractivity contribution in [3.8, 4) is 11.5 Å². The van der Waals surface area contributed by atoms with E-state index in [1.165, 1.54) is 0 Å². The molecule has 7 nitrogen and oxygen atoms in total. The van der Waals surface area contributed by atoms with Gasteiger partial charge in [-0.1, -0.05) is 12.1 Å². The molecule has 0 aliphatic heterocycles. The number of nitrogens with one attached hydrogen (secondary N) is 1. The Bertz CT molecular complexity index is 848. The maximum atomic E-state index is 12.9. The van der Waals surface area contributed by atoms with Crippen molar-refractivity contribution >= 4 is 17.5 Å². The molecule has 0 radical (unpaired) electrons. The van der Waals surface area contributed by atoms with Crippen LogP contribution >= 0.6 is 0 Å². The standard InChI is InChI=1S/C23H29N3O4/c1-25(15-22(27)24-18-6-12-21(30-3)13-7-18)16-23(28)26(19-8-9-19)14-17-4-10-20(29-2)11-5-17/h4-7,10-13,19H,8-9,14-16H2,1-3H3,(H,24,27). The Morgan fingerprint density at radius 1 is 0.933 bits per heavy atom. The van der Waals surface area contributed by atoms with Gasteiger partial charge in [0.25, 0.3) is 0 Å². The minimum absolute atomic E-state index is 0.0352. The van der Waals surface area contributed by atoms with Crippen molar-refractivity contribution in [2.75, 3.05) is 39.7 Å². The highest BCUT2D eigenvalue weighted by molar-refractivity contribution is 5.92. The summed E-state index contributed by atoms with van der Waals surface area (Å²) in [6.07, 6.45) is 2.06. The maximum Gasteiger partial charge on any atom is 0.238 e. The Kier molecular flexibility index (Phi) is 7.30. The zero-order valence-corrected chi connectivity index (χ0v) is 17.8. The summed E-state index contributed by atoms with van der Waals surface area (Å²) < 4.78 is 10.3. The van der Waals surface area contributed by atoms with E-state index in [4.69, 9.17) is 9.47 Å². The van der Waals surface area contributed by atoms with E-state index in [0.717, 1.165) is 29.9 Å². The fraction of sp³-hybridized carbons (Fsp3) is 0.391. The average Bonchev–Trinajstić information content (AvgIpc) is 3.57. The molecule has 2 aromatic rings. The molecule has 2 amide bonds. The Morgan fingerprint density at radius 2 is 1.50 bits per heavy atom. The fourth-order valence-electron chi connectivity index (χ4n) is 3.23. The summed E-state index contributed by atoms with van der Waals surface area (Å²) in [7, 11) is 5.01. The van der Waals surface area contributed by atoms with E-state index >= 15 is 0 Å². The normalized spacial score (nSPS) is 13.1. The van der Waals surface area contributed by atoms with Crippen LogP contribution in [-0.4, -0.2) is 62.0 Å². The second-order valence-electron chi connectivity index (χ2n) is 7.55. The molecule has 0 atom stereocenters. The molecule has 30 heavy (non-hydrogen) atoms. The van der Waals surface area contributed by atoms with Crippen LogP contribution in [0.25, 0.3) is 0 Å². The van der Waals surface area contributed by atoms with Crippen molar-refractivity contribution in [1.29, 1.82) is 0 Å². The fourth-order valence-corrected chi connectivity index (χ4v) is 3.23. The molecule has 1 aliphatic carbocycles. The summed E-state index contributed by atoms with van der Waals surface area (Å²) in [5, 5.41) is 2.84. The topological polar surface area (TPSA) is 71.1 Å². The first kappa shape index (κ1) is 21.6. The van der Waals surface area contributed by atoms with Crippen LogP contribution in [-0.2, 0) is 16.1 Å². The zero-order chi connectivity index (χ0) is 21.5. The van der Waals surface area contributed by atoms with E-state index < -0.39 is 0 Å². The van der Waals surface area contributed by atoms with E-state index in [0.29, 0.717) is 18.3 Å². The molecule has 0 spiro atoms. The summed E-state index contributed by atoms with van der Waals surface area (Å²) in [6, 6.07) is 15.2. The summed E-state index contributed by atoms with van der Waals surface area (Å²) in [5.41, 5.74) is 1.76. The first-order valence-electron chi connectivity index (χ1n) is 10.0. The predicted octanol–water partition coefficient (Wildman–Crippen LogP) is 2.77. The smallest absolute Gasteiger partial charge is 0.238 e. The summed E-state index contributed by atoms with van der Waals surface area (Å²) in [5.74, 6) is 1.40. The molecule has 0 bridgehead atoms. The van der Waals surface area contributed by atoms with Crippen molar-refractivity contribution in [1.82, 2.24) is 9.80 Å². The molecule has 3 rings (SSSR count). The van der Waals surface area contributed by atoms with Gasteiger partial charge in [-0.05, 0) is 61.9 Å². The van der Waals surface area contributed by atoms with Gasteiger partial charge in [0.15, 0.2) is 0 Å². The van der Waals surface area contributed by atoms with Crippen molar-refractivity contribution in [3.63, 3.8) is 0 Å². The van der Waals surface area contributed by atoms with Crippen LogP contribution in [0.1, 0.15) is 18.4 Å². The molecule has 1 aliphatic rings. The first-order chi connectivity index (χ1) is 14.5. The van der Waals surface area contributed by atoms with Crippen molar-refractivity contribution in [3.05, 3.63) is 54.1 Å². The van der Waals surface area contributed by atoms with Gasteiger partial charge in [0.05, 0.1) is 27.3 Å². The molecule has 0 aromatic heterocycles. The van der Waals surface area contributed by atoms with Crippen LogP contribution in [0.2, 0.25) is 0 Å². The summed E-state index contributed by atoms with van der Waals surface area (Å²) in [6.45, 7) is 0.904. The summed E-state index contributed by atoms with van der Waals surface area (Å²) >= 11 is 0. The lowest BCUT2D eigenvalue weighted by Gasteiger charge is -2.25. The molecule has 1 saturated carbocycles. The third-order valence-electron chi connectivity index (χ3n) is 5.01. The number of hydrogen-bond donors (Lipinski definition) is 1. The second-order valence-corrected chi connectivity index (χ2v) is 7.55.